The molecule has 0 unspecified atom stereocenters. The van der Waals surface area contributed by atoms with E-state index in [1.807, 2.05) is 32.0 Å². The molecule has 1 aromatic heterocycles. The summed E-state index contributed by atoms with van der Waals surface area (Å²) >= 11 is 3.42. The number of halogens is 1. The van der Waals surface area contributed by atoms with Crippen LogP contribution in [0.2, 0.25) is 0 Å². The van der Waals surface area contributed by atoms with Gasteiger partial charge < -0.3 is 9.47 Å². The van der Waals surface area contributed by atoms with Gasteiger partial charge in [-0.3, -0.25) is 5.43 Å². The molecule has 0 aliphatic heterocycles. The van der Waals surface area contributed by atoms with Crippen molar-refractivity contribution in [1.82, 2.24) is 15.0 Å². The molecule has 0 saturated heterocycles. The van der Waals surface area contributed by atoms with Crippen LogP contribution in [0.5, 0.6) is 17.8 Å². The zero-order valence-electron chi connectivity index (χ0n) is 11.1. The number of nitrogens with one attached hydrogen (secondary N) is 1. The standard InChI is InChI=1S/C12H14BrN5O2/c1-3-19-11-15-10(18-14)16-12(17-11)20-9-5-4-7(2)6-8(9)13/h4-6H,3,14H2,1-2H3,(H,15,16,17,18). The maximum atomic E-state index is 5.61. The number of hydrogen-bond donors (Lipinski definition) is 2. The Hall–Kier alpha value is -1.93. The van der Waals surface area contributed by atoms with Crippen molar-refractivity contribution in [3.8, 4) is 17.8 Å². The third-order valence-electron chi connectivity index (χ3n) is 2.29. The second kappa shape index (κ2) is 6.49. The van der Waals surface area contributed by atoms with Crippen LogP contribution >= 0.6 is 15.9 Å². The van der Waals surface area contributed by atoms with Crippen molar-refractivity contribution in [3.05, 3.63) is 28.2 Å². The maximum absolute atomic E-state index is 5.61. The van der Waals surface area contributed by atoms with Crippen LogP contribution in [0, 0.1) is 6.92 Å². The minimum absolute atomic E-state index is 0.0981. The Labute approximate surface area is 124 Å². The molecule has 20 heavy (non-hydrogen) atoms. The molecule has 0 saturated carbocycles. The lowest BCUT2D eigenvalue weighted by molar-refractivity contribution is 0.303. The lowest BCUT2D eigenvalue weighted by Gasteiger charge is -2.09. The van der Waals surface area contributed by atoms with Crippen LogP contribution < -0.4 is 20.7 Å². The summed E-state index contributed by atoms with van der Waals surface area (Å²) < 4.78 is 11.6. The van der Waals surface area contributed by atoms with E-state index in [1.165, 1.54) is 0 Å². The van der Waals surface area contributed by atoms with Gasteiger partial charge in [0.2, 0.25) is 5.95 Å². The molecule has 0 atom stereocenters. The number of rotatable bonds is 5. The molecule has 7 nitrogen and oxygen atoms in total. The molecule has 0 amide bonds. The average molecular weight is 340 g/mol. The Morgan fingerprint density at radius 1 is 1.25 bits per heavy atom. The van der Waals surface area contributed by atoms with Gasteiger partial charge in [-0.05, 0) is 47.5 Å². The number of ether oxygens (including phenoxy) is 2. The van der Waals surface area contributed by atoms with Crippen molar-refractivity contribution in [3.63, 3.8) is 0 Å². The number of anilines is 1. The first-order valence-electron chi connectivity index (χ1n) is 5.92. The van der Waals surface area contributed by atoms with Crippen LogP contribution in [-0.2, 0) is 0 Å². The number of nitrogen functional groups attached to an aromatic ring is 1. The quantitative estimate of drug-likeness (QED) is 0.637. The normalized spacial score (nSPS) is 10.2. The average Bonchev–Trinajstić information content (AvgIpc) is 2.42. The molecular formula is C12H14BrN5O2. The fourth-order valence-corrected chi connectivity index (χ4v) is 2.00. The summed E-state index contributed by atoms with van der Waals surface area (Å²) in [5, 5.41) is 0. The predicted molar refractivity (Wildman–Crippen MR) is 77.8 cm³/mol. The number of benzene rings is 1. The molecule has 0 aliphatic carbocycles. The Morgan fingerprint density at radius 3 is 2.65 bits per heavy atom. The zero-order valence-corrected chi connectivity index (χ0v) is 12.6. The first-order chi connectivity index (χ1) is 9.62. The maximum Gasteiger partial charge on any atom is 0.330 e. The van der Waals surface area contributed by atoms with E-state index in [4.69, 9.17) is 15.3 Å². The molecule has 1 aromatic carbocycles. The van der Waals surface area contributed by atoms with Crippen LogP contribution in [0.1, 0.15) is 12.5 Å². The van der Waals surface area contributed by atoms with E-state index in [-0.39, 0.29) is 18.0 Å². The Kier molecular flexibility index (Phi) is 4.70. The summed E-state index contributed by atoms with van der Waals surface area (Å²) in [6.45, 7) is 4.25. The molecule has 0 aliphatic rings. The van der Waals surface area contributed by atoms with Crippen LogP contribution in [0.25, 0.3) is 0 Å². The topological polar surface area (TPSA) is 95.2 Å². The van der Waals surface area contributed by atoms with E-state index in [2.05, 4.69) is 36.3 Å². The Balaban J connectivity index is 2.29. The SMILES string of the molecule is CCOc1nc(NN)nc(Oc2ccc(C)cc2Br)n1. The first-order valence-corrected chi connectivity index (χ1v) is 6.71. The van der Waals surface area contributed by atoms with Gasteiger partial charge in [-0.25, -0.2) is 5.84 Å². The molecule has 2 aromatic rings. The van der Waals surface area contributed by atoms with E-state index in [1.54, 1.807) is 0 Å². The van der Waals surface area contributed by atoms with Gasteiger partial charge in [0, 0.05) is 0 Å². The number of hydrogen-bond acceptors (Lipinski definition) is 7. The van der Waals surface area contributed by atoms with Crippen LogP contribution in [-0.4, -0.2) is 21.6 Å². The van der Waals surface area contributed by atoms with E-state index in [9.17, 15) is 0 Å². The molecule has 0 bridgehead atoms. The summed E-state index contributed by atoms with van der Waals surface area (Å²) in [7, 11) is 0. The summed E-state index contributed by atoms with van der Waals surface area (Å²) in [5.74, 6) is 6.06. The molecule has 0 radical (unpaired) electrons. The van der Waals surface area contributed by atoms with Crippen molar-refractivity contribution in [2.24, 2.45) is 5.84 Å². The van der Waals surface area contributed by atoms with Gasteiger partial charge in [-0.2, -0.15) is 9.97 Å². The number of hydrazine groups is 1. The van der Waals surface area contributed by atoms with Crippen molar-refractivity contribution in [2.75, 3.05) is 12.0 Å². The highest BCUT2D eigenvalue weighted by Gasteiger charge is 2.10. The van der Waals surface area contributed by atoms with Crippen molar-refractivity contribution in [2.45, 2.75) is 13.8 Å². The second-order valence-electron chi connectivity index (χ2n) is 3.84. The molecule has 8 heteroatoms. The summed E-state index contributed by atoms with van der Waals surface area (Å²) in [6.07, 6.45) is 0. The third-order valence-corrected chi connectivity index (χ3v) is 2.91. The van der Waals surface area contributed by atoms with Crippen molar-refractivity contribution >= 4 is 21.9 Å². The zero-order chi connectivity index (χ0) is 14.5. The summed E-state index contributed by atoms with van der Waals surface area (Å²) in [4.78, 5) is 12.0. The summed E-state index contributed by atoms with van der Waals surface area (Å²) in [6, 6.07) is 5.92. The molecule has 1 heterocycles. The molecule has 0 spiro atoms. The lowest BCUT2D eigenvalue weighted by Crippen LogP contribution is -2.12. The van der Waals surface area contributed by atoms with Crippen molar-refractivity contribution in [1.29, 1.82) is 0 Å². The van der Waals surface area contributed by atoms with Crippen LogP contribution in [0.15, 0.2) is 22.7 Å². The Morgan fingerprint density at radius 2 is 2.00 bits per heavy atom. The highest BCUT2D eigenvalue weighted by Crippen LogP contribution is 2.29. The predicted octanol–water partition coefficient (Wildman–Crippen LogP) is 2.42. The fraction of sp³-hybridized carbons (Fsp3) is 0.250. The van der Waals surface area contributed by atoms with Gasteiger partial charge >= 0.3 is 12.0 Å². The highest BCUT2D eigenvalue weighted by atomic mass is 79.9. The van der Waals surface area contributed by atoms with Gasteiger partial charge in [-0.1, -0.05) is 6.07 Å². The van der Waals surface area contributed by atoms with Gasteiger partial charge in [0.15, 0.2) is 0 Å². The van der Waals surface area contributed by atoms with Crippen LogP contribution in [0.4, 0.5) is 5.95 Å². The van der Waals surface area contributed by atoms with E-state index >= 15 is 0 Å². The number of aryl methyl sites for hydroxylation is 1. The molecule has 106 valence electrons. The summed E-state index contributed by atoms with van der Waals surface area (Å²) in [5.41, 5.74) is 3.45. The van der Waals surface area contributed by atoms with E-state index in [0.717, 1.165) is 10.0 Å². The van der Waals surface area contributed by atoms with Gasteiger partial charge in [0.25, 0.3) is 0 Å². The van der Waals surface area contributed by atoms with Crippen LogP contribution in [0.3, 0.4) is 0 Å². The monoisotopic (exact) mass is 339 g/mol. The van der Waals surface area contributed by atoms with Gasteiger partial charge in [0.05, 0.1) is 11.1 Å². The van der Waals surface area contributed by atoms with Crippen molar-refractivity contribution < 1.29 is 9.47 Å². The molecule has 3 N–H and O–H groups in total. The third kappa shape index (κ3) is 3.55. The van der Waals surface area contributed by atoms with Gasteiger partial charge in [-0.15, -0.1) is 4.98 Å². The molecular weight excluding hydrogens is 326 g/mol. The minimum Gasteiger partial charge on any atom is -0.464 e. The highest BCUT2D eigenvalue weighted by molar-refractivity contribution is 9.10. The van der Waals surface area contributed by atoms with E-state index < -0.39 is 0 Å². The first kappa shape index (κ1) is 14.5. The number of aromatic nitrogens is 3. The number of nitrogens with two attached hydrogens (primary N) is 1. The minimum atomic E-state index is 0.0981. The fourth-order valence-electron chi connectivity index (χ4n) is 1.43. The second-order valence-corrected chi connectivity index (χ2v) is 4.69. The lowest BCUT2D eigenvalue weighted by atomic mass is 10.2. The Bertz CT molecular complexity index is 608. The van der Waals surface area contributed by atoms with E-state index in [0.29, 0.717) is 12.4 Å². The number of nitrogens with zero attached hydrogens (tertiary/aromatic N) is 3. The molecule has 0 fully saturated rings. The molecule has 2 rings (SSSR count). The van der Waals surface area contributed by atoms with Gasteiger partial charge in [0.1, 0.15) is 5.75 Å². The smallest absolute Gasteiger partial charge is 0.330 e. The largest absolute Gasteiger partial charge is 0.464 e.